The van der Waals surface area contributed by atoms with E-state index < -0.39 is 0 Å². The maximum absolute atomic E-state index is 12.6. The largest absolute Gasteiger partial charge is 0.465 e. The molecule has 0 bridgehead atoms. The highest BCUT2D eigenvalue weighted by Crippen LogP contribution is 2.24. The number of nitrogens with one attached hydrogen (secondary N) is 1. The molecule has 1 N–H and O–H groups in total. The van der Waals surface area contributed by atoms with E-state index in [0.29, 0.717) is 5.56 Å². The third-order valence-electron chi connectivity index (χ3n) is 4.71. The van der Waals surface area contributed by atoms with Crippen LogP contribution in [0, 0.1) is 0 Å². The van der Waals surface area contributed by atoms with Crippen LogP contribution in [-0.2, 0) is 11.2 Å². The van der Waals surface area contributed by atoms with Crippen molar-refractivity contribution < 1.29 is 14.3 Å². The van der Waals surface area contributed by atoms with Crippen LogP contribution in [-0.4, -0.2) is 37.0 Å². The summed E-state index contributed by atoms with van der Waals surface area (Å²) in [4.78, 5) is 26.0. The van der Waals surface area contributed by atoms with Gasteiger partial charge in [-0.3, -0.25) is 4.79 Å². The van der Waals surface area contributed by atoms with Gasteiger partial charge in [-0.2, -0.15) is 0 Å². The fourth-order valence-corrected chi connectivity index (χ4v) is 3.21. The topological polar surface area (TPSA) is 58.6 Å². The number of esters is 1. The van der Waals surface area contributed by atoms with Crippen molar-refractivity contribution in [2.45, 2.75) is 26.2 Å². The summed E-state index contributed by atoms with van der Waals surface area (Å²) in [6.45, 7) is 3.78. The average Bonchev–Trinajstić information content (AvgIpc) is 3.22. The zero-order valence-corrected chi connectivity index (χ0v) is 15.2. The van der Waals surface area contributed by atoms with Gasteiger partial charge in [0.25, 0.3) is 5.91 Å². The maximum Gasteiger partial charge on any atom is 0.337 e. The van der Waals surface area contributed by atoms with E-state index >= 15 is 0 Å². The molecule has 0 spiro atoms. The number of hydrogen-bond acceptors (Lipinski definition) is 4. The molecule has 1 amide bonds. The van der Waals surface area contributed by atoms with Crippen molar-refractivity contribution in [2.75, 3.05) is 25.5 Å². The Morgan fingerprint density at radius 1 is 1.04 bits per heavy atom. The number of carbonyl (C=O) groups is 2. The van der Waals surface area contributed by atoms with Crippen LogP contribution in [0.1, 0.15) is 46.0 Å². The van der Waals surface area contributed by atoms with Gasteiger partial charge >= 0.3 is 5.97 Å². The lowest BCUT2D eigenvalue weighted by Gasteiger charge is -2.17. The minimum atomic E-state index is -0.351. The van der Waals surface area contributed by atoms with E-state index in [1.165, 1.54) is 7.11 Å². The van der Waals surface area contributed by atoms with Gasteiger partial charge < -0.3 is 15.0 Å². The van der Waals surface area contributed by atoms with Crippen LogP contribution in [0.2, 0.25) is 0 Å². The van der Waals surface area contributed by atoms with Crippen molar-refractivity contribution >= 4 is 23.3 Å². The standard InChI is InChI=1S/C21H24N2O3/c1-3-15-14-17(20(24)23-12-4-5-13-23)8-11-19(15)22-18-9-6-16(7-10-18)21(25)26-2/h6-11,14,22H,3-5,12-13H2,1-2H3. The predicted octanol–water partition coefficient (Wildman–Crippen LogP) is 4.02. The lowest BCUT2D eigenvalue weighted by molar-refractivity contribution is 0.0600. The highest BCUT2D eigenvalue weighted by atomic mass is 16.5. The second-order valence-corrected chi connectivity index (χ2v) is 6.42. The molecule has 0 radical (unpaired) electrons. The van der Waals surface area contributed by atoms with E-state index in [2.05, 4.69) is 12.2 Å². The molecule has 5 heteroatoms. The van der Waals surface area contributed by atoms with E-state index in [9.17, 15) is 9.59 Å². The minimum absolute atomic E-state index is 0.117. The minimum Gasteiger partial charge on any atom is -0.465 e. The number of benzene rings is 2. The molecular weight excluding hydrogens is 328 g/mol. The number of ether oxygens (including phenoxy) is 1. The SMILES string of the molecule is CCc1cc(C(=O)N2CCCC2)ccc1Nc1ccc(C(=O)OC)cc1. The van der Waals surface area contributed by atoms with Crippen LogP contribution >= 0.6 is 0 Å². The molecule has 1 saturated heterocycles. The lowest BCUT2D eigenvalue weighted by atomic mass is 10.0. The number of carbonyl (C=O) groups excluding carboxylic acids is 2. The predicted molar refractivity (Wildman–Crippen MR) is 102 cm³/mol. The number of aryl methyl sites for hydroxylation is 1. The van der Waals surface area contributed by atoms with Crippen molar-refractivity contribution in [1.29, 1.82) is 0 Å². The number of nitrogens with zero attached hydrogens (tertiary/aromatic N) is 1. The molecule has 1 aliphatic heterocycles. The number of rotatable bonds is 5. The normalized spacial score (nSPS) is 13.5. The molecule has 5 nitrogen and oxygen atoms in total. The van der Waals surface area contributed by atoms with E-state index in [0.717, 1.165) is 54.9 Å². The molecule has 2 aromatic carbocycles. The van der Waals surface area contributed by atoms with E-state index in [1.807, 2.05) is 35.2 Å². The number of methoxy groups -OCH3 is 1. The molecule has 0 unspecified atom stereocenters. The first kappa shape index (κ1) is 18.0. The van der Waals surface area contributed by atoms with Gasteiger partial charge in [0.2, 0.25) is 0 Å². The van der Waals surface area contributed by atoms with E-state index in [1.54, 1.807) is 12.1 Å². The van der Waals surface area contributed by atoms with Gasteiger partial charge in [0.1, 0.15) is 0 Å². The quantitative estimate of drug-likeness (QED) is 0.826. The number of anilines is 2. The molecule has 136 valence electrons. The van der Waals surface area contributed by atoms with Gasteiger partial charge in [0.15, 0.2) is 0 Å². The van der Waals surface area contributed by atoms with Gasteiger partial charge in [-0.15, -0.1) is 0 Å². The number of likely N-dealkylation sites (tertiary alicyclic amines) is 1. The molecule has 3 rings (SSSR count). The Morgan fingerprint density at radius 2 is 1.69 bits per heavy atom. The van der Waals surface area contributed by atoms with Gasteiger partial charge in [-0.05, 0) is 67.3 Å². The van der Waals surface area contributed by atoms with Gasteiger partial charge in [0.05, 0.1) is 12.7 Å². The summed E-state index contributed by atoms with van der Waals surface area (Å²) in [5, 5.41) is 3.37. The van der Waals surface area contributed by atoms with Crippen LogP contribution < -0.4 is 5.32 Å². The van der Waals surface area contributed by atoms with Crippen LogP contribution in [0.3, 0.4) is 0 Å². The first-order valence-electron chi connectivity index (χ1n) is 9.00. The summed E-state index contributed by atoms with van der Waals surface area (Å²) in [5.74, 6) is -0.234. The zero-order chi connectivity index (χ0) is 18.5. The molecule has 1 heterocycles. The van der Waals surface area contributed by atoms with E-state index in [-0.39, 0.29) is 11.9 Å². The smallest absolute Gasteiger partial charge is 0.337 e. The monoisotopic (exact) mass is 352 g/mol. The third-order valence-corrected chi connectivity index (χ3v) is 4.71. The van der Waals surface area contributed by atoms with Crippen molar-refractivity contribution in [3.05, 3.63) is 59.2 Å². The Hall–Kier alpha value is -2.82. The van der Waals surface area contributed by atoms with E-state index in [4.69, 9.17) is 4.74 Å². The summed E-state index contributed by atoms with van der Waals surface area (Å²) in [6, 6.07) is 13.0. The first-order chi connectivity index (χ1) is 12.6. The Bertz CT molecular complexity index is 793. The molecule has 1 fully saturated rings. The van der Waals surface area contributed by atoms with Gasteiger partial charge in [0, 0.05) is 30.0 Å². The molecule has 2 aromatic rings. The Balaban J connectivity index is 1.77. The van der Waals surface area contributed by atoms with Crippen molar-refractivity contribution in [1.82, 2.24) is 4.90 Å². The molecule has 0 aliphatic carbocycles. The van der Waals surface area contributed by atoms with Crippen molar-refractivity contribution in [3.8, 4) is 0 Å². The summed E-state index contributed by atoms with van der Waals surface area (Å²) in [5.41, 5.74) is 4.20. The molecule has 0 atom stereocenters. The van der Waals surface area contributed by atoms with Crippen LogP contribution in [0.5, 0.6) is 0 Å². The zero-order valence-electron chi connectivity index (χ0n) is 15.2. The number of amides is 1. The molecule has 0 aromatic heterocycles. The summed E-state index contributed by atoms with van der Waals surface area (Å²) >= 11 is 0. The molecule has 26 heavy (non-hydrogen) atoms. The molecular formula is C21H24N2O3. The molecule has 0 saturated carbocycles. The summed E-state index contributed by atoms with van der Waals surface area (Å²) in [6.07, 6.45) is 3.00. The second-order valence-electron chi connectivity index (χ2n) is 6.42. The third kappa shape index (κ3) is 3.87. The highest BCUT2D eigenvalue weighted by Gasteiger charge is 2.20. The Morgan fingerprint density at radius 3 is 2.31 bits per heavy atom. The van der Waals surface area contributed by atoms with Crippen LogP contribution in [0.4, 0.5) is 11.4 Å². The average molecular weight is 352 g/mol. The number of hydrogen-bond donors (Lipinski definition) is 1. The fourth-order valence-electron chi connectivity index (χ4n) is 3.21. The Labute approximate surface area is 154 Å². The Kier molecular flexibility index (Phi) is 5.56. The molecule has 1 aliphatic rings. The fraction of sp³-hybridized carbons (Fsp3) is 0.333. The van der Waals surface area contributed by atoms with Crippen LogP contribution in [0.25, 0.3) is 0 Å². The highest BCUT2D eigenvalue weighted by molar-refractivity contribution is 5.95. The van der Waals surface area contributed by atoms with Crippen LogP contribution in [0.15, 0.2) is 42.5 Å². The van der Waals surface area contributed by atoms with Gasteiger partial charge in [-0.25, -0.2) is 4.79 Å². The van der Waals surface area contributed by atoms with Crippen molar-refractivity contribution in [2.24, 2.45) is 0 Å². The van der Waals surface area contributed by atoms with Crippen molar-refractivity contribution in [3.63, 3.8) is 0 Å². The van der Waals surface area contributed by atoms with Gasteiger partial charge in [-0.1, -0.05) is 6.92 Å². The maximum atomic E-state index is 12.6. The summed E-state index contributed by atoms with van der Waals surface area (Å²) in [7, 11) is 1.37. The first-order valence-corrected chi connectivity index (χ1v) is 9.00. The second kappa shape index (κ2) is 8.04. The summed E-state index contributed by atoms with van der Waals surface area (Å²) < 4.78 is 4.71. The lowest BCUT2D eigenvalue weighted by Crippen LogP contribution is -2.27.